The molecule has 0 aliphatic carbocycles. The van der Waals surface area contributed by atoms with Crippen molar-refractivity contribution >= 4 is 98.1 Å². The molecule has 322 valence electrons. The fourth-order valence-electron chi connectivity index (χ4n) is 6.72. The van der Waals surface area contributed by atoms with Gasteiger partial charge in [-0.2, -0.15) is 21.9 Å². The van der Waals surface area contributed by atoms with Gasteiger partial charge in [-0.1, -0.05) is 25.1 Å². The summed E-state index contributed by atoms with van der Waals surface area (Å²) < 4.78 is 79.5. The molecule has 0 aliphatic rings. The minimum Gasteiger partial charge on any atom is -0.505 e. The van der Waals surface area contributed by atoms with Gasteiger partial charge < -0.3 is 19.9 Å². The summed E-state index contributed by atoms with van der Waals surface area (Å²) in [6.07, 6.45) is 0.866. The molecule has 0 bridgehead atoms. The van der Waals surface area contributed by atoms with Crippen LogP contribution in [0.25, 0.3) is 32.3 Å². The van der Waals surface area contributed by atoms with E-state index < -0.39 is 25.1 Å². The Bertz CT molecular complexity index is 3400. The lowest BCUT2D eigenvalue weighted by atomic mass is 10.1. The number of methoxy groups -OCH3 is 1. The predicted octanol–water partition coefficient (Wildman–Crippen LogP) is 13.1. The normalized spacial score (nSPS) is 12.3. The number of hydrogen-bond acceptors (Lipinski definition) is 14. The maximum atomic E-state index is 12.2. The predicted molar refractivity (Wildman–Crippen MR) is 244 cm³/mol. The van der Waals surface area contributed by atoms with E-state index in [1.54, 1.807) is 67.8 Å². The van der Waals surface area contributed by atoms with Gasteiger partial charge in [0.15, 0.2) is 5.75 Å². The van der Waals surface area contributed by atoms with Crippen molar-refractivity contribution in [1.29, 1.82) is 0 Å². The third kappa shape index (κ3) is 9.54. The molecule has 0 amide bonds. The molecule has 18 heteroatoms. The average Bonchev–Trinajstić information content (AvgIpc) is 3.29. The van der Waals surface area contributed by atoms with Crippen molar-refractivity contribution in [3.63, 3.8) is 0 Å². The van der Waals surface area contributed by atoms with E-state index in [0.29, 0.717) is 39.9 Å². The Morgan fingerprint density at radius 2 is 0.969 bits per heavy atom. The van der Waals surface area contributed by atoms with E-state index >= 15 is 0 Å². The van der Waals surface area contributed by atoms with Crippen LogP contribution in [0.3, 0.4) is 0 Å². The van der Waals surface area contributed by atoms with E-state index in [1.165, 1.54) is 42.5 Å². The second-order valence-electron chi connectivity index (χ2n) is 14.2. The number of azo groups is 3. The van der Waals surface area contributed by atoms with Crippen LogP contribution in [0.2, 0.25) is 0 Å². The summed E-state index contributed by atoms with van der Waals surface area (Å²) in [7, 11) is -7.66. The molecule has 0 saturated carbocycles. The highest BCUT2D eigenvalue weighted by atomic mass is 32.2. The van der Waals surface area contributed by atoms with Crippen LogP contribution < -0.4 is 14.8 Å². The number of hydrogen-bond donors (Lipinski definition) is 4. The number of phenols is 1. The van der Waals surface area contributed by atoms with Crippen LogP contribution in [0.5, 0.6) is 17.2 Å². The second-order valence-corrected chi connectivity index (χ2v) is 17.1. The molecule has 8 rings (SSSR count). The molecule has 8 aromatic rings. The van der Waals surface area contributed by atoms with E-state index in [4.69, 9.17) is 9.47 Å². The zero-order valence-electron chi connectivity index (χ0n) is 34.0. The zero-order chi connectivity index (χ0) is 45.0. The fraction of sp³-hybridized carbons (Fsp3) is 0.0870. The number of anilines is 2. The zero-order valence-corrected chi connectivity index (χ0v) is 35.6. The van der Waals surface area contributed by atoms with E-state index in [-0.39, 0.29) is 44.2 Å². The summed E-state index contributed by atoms with van der Waals surface area (Å²) in [6, 6.07) is 37.4. The molecule has 0 heterocycles. The highest BCUT2D eigenvalue weighted by Gasteiger charge is 2.17. The average molecular weight is 896 g/mol. The van der Waals surface area contributed by atoms with Crippen LogP contribution in [0.15, 0.2) is 180 Å². The van der Waals surface area contributed by atoms with Crippen molar-refractivity contribution in [2.24, 2.45) is 30.7 Å². The Labute approximate surface area is 366 Å². The van der Waals surface area contributed by atoms with Gasteiger partial charge in [0.05, 0.1) is 51.9 Å². The first-order chi connectivity index (χ1) is 30.8. The Kier molecular flexibility index (Phi) is 12.1. The highest BCUT2D eigenvalue weighted by Crippen LogP contribution is 2.42. The summed E-state index contributed by atoms with van der Waals surface area (Å²) in [5.74, 6) is 1.29. The molecule has 0 spiro atoms. The van der Waals surface area contributed by atoms with Crippen LogP contribution in [0, 0.1) is 0 Å². The van der Waals surface area contributed by atoms with Crippen LogP contribution in [-0.4, -0.2) is 44.8 Å². The molecule has 64 heavy (non-hydrogen) atoms. The first-order valence-corrected chi connectivity index (χ1v) is 22.4. The number of phenolic OH excluding ortho intramolecular Hbond substituents is 1. The Morgan fingerprint density at radius 1 is 0.500 bits per heavy atom. The number of ether oxygens (including phenoxy) is 2. The molecule has 0 saturated heterocycles. The lowest BCUT2D eigenvalue weighted by molar-refractivity contribution is 0.317. The van der Waals surface area contributed by atoms with Gasteiger partial charge in [-0.25, -0.2) is 0 Å². The van der Waals surface area contributed by atoms with E-state index in [9.17, 15) is 31.0 Å². The number of nitrogens with zero attached hydrogens (tertiary/aromatic N) is 6. The van der Waals surface area contributed by atoms with Crippen LogP contribution in [-0.2, 0) is 20.2 Å². The number of nitrogens with one attached hydrogen (secondary N) is 1. The molecule has 0 fully saturated rings. The Balaban J connectivity index is 1.12. The number of fused-ring (bicyclic) bond motifs is 3. The van der Waals surface area contributed by atoms with Gasteiger partial charge in [-0.05, 0) is 133 Å². The van der Waals surface area contributed by atoms with Crippen molar-refractivity contribution < 1.29 is 40.5 Å². The van der Waals surface area contributed by atoms with E-state index in [2.05, 4.69) is 36.0 Å². The number of aromatic hydroxyl groups is 1. The van der Waals surface area contributed by atoms with Crippen molar-refractivity contribution in [2.75, 3.05) is 19.0 Å². The lowest BCUT2D eigenvalue weighted by Gasteiger charge is -2.10. The third-order valence-corrected chi connectivity index (χ3v) is 11.6. The number of rotatable bonds is 14. The van der Waals surface area contributed by atoms with Crippen LogP contribution >= 0.6 is 0 Å². The van der Waals surface area contributed by atoms with Crippen molar-refractivity contribution in [3.8, 4) is 17.2 Å². The van der Waals surface area contributed by atoms with Gasteiger partial charge >= 0.3 is 0 Å². The summed E-state index contributed by atoms with van der Waals surface area (Å²) in [6.45, 7) is 2.59. The summed E-state index contributed by atoms with van der Waals surface area (Å²) in [4.78, 5) is -0.789. The smallest absolute Gasteiger partial charge is 0.294 e. The van der Waals surface area contributed by atoms with Crippen LogP contribution in [0.4, 0.5) is 45.5 Å². The van der Waals surface area contributed by atoms with Gasteiger partial charge in [0.25, 0.3) is 20.2 Å². The van der Waals surface area contributed by atoms with E-state index in [1.807, 2.05) is 43.3 Å². The molecule has 8 aromatic carbocycles. The largest absolute Gasteiger partial charge is 0.505 e. The van der Waals surface area contributed by atoms with Crippen molar-refractivity contribution in [3.05, 3.63) is 140 Å². The Hall–Kier alpha value is -7.64. The first-order valence-electron chi connectivity index (χ1n) is 19.5. The molecular weight excluding hydrogens is 859 g/mol. The molecular formula is C46H37N7O9S2. The summed E-state index contributed by atoms with van der Waals surface area (Å²) in [5.41, 5.74) is 3.33. The first kappa shape index (κ1) is 43.0. The minimum absolute atomic E-state index is 0.131. The molecule has 0 aromatic heterocycles. The number of benzene rings is 8. The van der Waals surface area contributed by atoms with Crippen molar-refractivity contribution in [2.45, 2.75) is 23.1 Å². The summed E-state index contributed by atoms with van der Waals surface area (Å²) >= 11 is 0. The topological polar surface area (TPSA) is 234 Å². The summed E-state index contributed by atoms with van der Waals surface area (Å²) in [5, 5.41) is 43.4. The van der Waals surface area contributed by atoms with Crippen LogP contribution in [0.1, 0.15) is 13.3 Å². The van der Waals surface area contributed by atoms with Gasteiger partial charge in [-0.3, -0.25) is 9.11 Å². The quantitative estimate of drug-likeness (QED) is 0.0595. The fourth-order valence-corrected chi connectivity index (χ4v) is 7.73. The van der Waals surface area contributed by atoms with E-state index in [0.717, 1.165) is 28.9 Å². The maximum Gasteiger partial charge on any atom is 0.294 e. The lowest BCUT2D eigenvalue weighted by Crippen LogP contribution is -1.97. The SMILES string of the molecule is CCCOc1ccc(N=Nc2ccc(N=Nc3ccc(N=Nc4ccc5cc(Nc6ccc(OC)cc6)ccc5c4O)c4cc(S(=O)(=O)O)ccc34)c3cc(S(=O)(=O)O)ccc23)cc1. The maximum absolute atomic E-state index is 12.2. The molecule has 0 atom stereocenters. The highest BCUT2D eigenvalue weighted by molar-refractivity contribution is 7.86. The Morgan fingerprint density at radius 3 is 1.50 bits per heavy atom. The molecule has 0 radical (unpaired) electrons. The van der Waals surface area contributed by atoms with Gasteiger partial charge in [-0.15, -0.1) is 25.6 Å². The second kappa shape index (κ2) is 18.0. The standard InChI is InChI=1S/C46H37N7O9S2/c1-3-24-62-33-12-7-30(8-13-33)48-49-41-20-22-43(39-26-34(63(55,56)57)14-17-37(39)41)51-50-42-21-23-44(40-27-35(64(58,59)60)15-18-38(40)42)52-53-45-19-4-28-25-31(9-16-36(28)46(45)54)47-29-5-10-32(61-2)11-6-29/h4-23,25-27,47,54H,3,24H2,1-2H3,(H,55,56,57)(H,58,59,60). The van der Waals surface area contributed by atoms with Gasteiger partial charge in [0, 0.05) is 38.3 Å². The molecule has 16 nitrogen and oxygen atoms in total. The monoisotopic (exact) mass is 895 g/mol. The molecule has 0 unspecified atom stereocenters. The van der Waals surface area contributed by atoms with Gasteiger partial charge in [0.2, 0.25) is 0 Å². The van der Waals surface area contributed by atoms with Gasteiger partial charge in [0.1, 0.15) is 17.2 Å². The molecule has 4 N–H and O–H groups in total. The molecule has 0 aliphatic heterocycles. The van der Waals surface area contributed by atoms with Crippen molar-refractivity contribution in [1.82, 2.24) is 0 Å². The minimum atomic E-state index is -4.65. The third-order valence-electron chi connectivity index (χ3n) is 9.94.